The van der Waals surface area contributed by atoms with Crippen LogP contribution in [-0.4, -0.2) is 17.7 Å². The van der Waals surface area contributed by atoms with Gasteiger partial charge in [0.05, 0.1) is 13.0 Å². The van der Waals surface area contributed by atoms with Gasteiger partial charge in [-0.05, 0) is 30.0 Å². The predicted octanol–water partition coefficient (Wildman–Crippen LogP) is 3.27. The number of hydrogen-bond donors (Lipinski definition) is 1. The molecule has 0 atom stereocenters. The van der Waals surface area contributed by atoms with Crippen LogP contribution in [0.2, 0.25) is 0 Å². The van der Waals surface area contributed by atoms with E-state index in [1.54, 1.807) is 0 Å². The zero-order valence-electron chi connectivity index (χ0n) is 10.6. The summed E-state index contributed by atoms with van der Waals surface area (Å²) in [4.78, 5) is 10.5. The largest absolute Gasteiger partial charge is 0.494 e. The lowest BCUT2D eigenvalue weighted by Crippen LogP contribution is -2.04. The fraction of sp³-hybridized carbons (Fsp3) is 0.533. The van der Waals surface area contributed by atoms with E-state index in [9.17, 15) is 4.79 Å². The van der Waals surface area contributed by atoms with Crippen molar-refractivity contribution in [2.75, 3.05) is 6.61 Å². The maximum absolute atomic E-state index is 10.5. The summed E-state index contributed by atoms with van der Waals surface area (Å²) in [6.45, 7) is 0.767. The van der Waals surface area contributed by atoms with Crippen LogP contribution in [0.1, 0.15) is 37.7 Å². The number of rotatable bonds is 6. The fourth-order valence-corrected chi connectivity index (χ4v) is 2.52. The average molecular weight is 248 g/mol. The van der Waals surface area contributed by atoms with Crippen LogP contribution in [0.25, 0.3) is 0 Å². The molecular weight excluding hydrogens is 228 g/mol. The molecule has 18 heavy (non-hydrogen) atoms. The monoisotopic (exact) mass is 248 g/mol. The average Bonchev–Trinajstić information content (AvgIpc) is 2.84. The number of benzene rings is 1. The van der Waals surface area contributed by atoms with Gasteiger partial charge in [0, 0.05) is 0 Å². The molecule has 0 heterocycles. The second kappa shape index (κ2) is 6.43. The van der Waals surface area contributed by atoms with Crippen LogP contribution in [0.15, 0.2) is 24.3 Å². The first-order valence-electron chi connectivity index (χ1n) is 6.67. The van der Waals surface area contributed by atoms with Crippen molar-refractivity contribution in [3.05, 3.63) is 29.8 Å². The summed E-state index contributed by atoms with van der Waals surface area (Å²) in [6, 6.07) is 7.35. The van der Waals surface area contributed by atoms with Gasteiger partial charge in [-0.25, -0.2) is 0 Å². The minimum absolute atomic E-state index is 0.0718. The summed E-state index contributed by atoms with van der Waals surface area (Å²) in [5, 5.41) is 8.67. The molecule has 0 saturated heterocycles. The Balaban J connectivity index is 1.73. The van der Waals surface area contributed by atoms with Gasteiger partial charge >= 0.3 is 5.97 Å². The Labute approximate surface area is 108 Å². The molecule has 0 bridgehead atoms. The van der Waals surface area contributed by atoms with E-state index in [2.05, 4.69) is 0 Å². The highest BCUT2D eigenvalue weighted by Gasteiger charge is 2.14. The summed E-state index contributed by atoms with van der Waals surface area (Å²) in [7, 11) is 0. The Bertz CT molecular complexity index is 377. The quantitative estimate of drug-likeness (QED) is 0.840. The molecule has 1 aliphatic rings. The van der Waals surface area contributed by atoms with E-state index in [1.807, 2.05) is 24.3 Å². The number of aliphatic carboxylic acids is 1. The second-order valence-electron chi connectivity index (χ2n) is 5.00. The minimum Gasteiger partial charge on any atom is -0.494 e. The van der Waals surface area contributed by atoms with Gasteiger partial charge in [-0.3, -0.25) is 4.79 Å². The first-order valence-corrected chi connectivity index (χ1v) is 6.67. The van der Waals surface area contributed by atoms with E-state index in [-0.39, 0.29) is 6.42 Å². The van der Waals surface area contributed by atoms with Crippen LogP contribution in [0.4, 0.5) is 0 Å². The third-order valence-electron chi connectivity index (χ3n) is 3.55. The van der Waals surface area contributed by atoms with E-state index < -0.39 is 5.97 Å². The summed E-state index contributed by atoms with van der Waals surface area (Å²) < 4.78 is 5.68. The van der Waals surface area contributed by atoms with E-state index in [4.69, 9.17) is 9.84 Å². The number of ether oxygens (including phenoxy) is 1. The lowest BCUT2D eigenvalue weighted by atomic mass is 10.1. The Morgan fingerprint density at radius 1 is 1.22 bits per heavy atom. The van der Waals surface area contributed by atoms with Gasteiger partial charge in [-0.15, -0.1) is 0 Å². The fourth-order valence-electron chi connectivity index (χ4n) is 2.52. The molecule has 1 aliphatic carbocycles. The maximum Gasteiger partial charge on any atom is 0.307 e. The van der Waals surface area contributed by atoms with Crippen molar-refractivity contribution < 1.29 is 14.6 Å². The molecule has 0 aromatic heterocycles. The van der Waals surface area contributed by atoms with Crippen LogP contribution < -0.4 is 4.74 Å². The predicted molar refractivity (Wildman–Crippen MR) is 69.9 cm³/mol. The standard InChI is InChI=1S/C15H20O3/c16-15(17)11-13-5-7-14(8-6-13)18-10-9-12-3-1-2-4-12/h5-8,12H,1-4,9-11H2,(H,16,17). The highest BCUT2D eigenvalue weighted by atomic mass is 16.5. The number of hydrogen-bond acceptors (Lipinski definition) is 2. The Morgan fingerprint density at radius 3 is 2.50 bits per heavy atom. The van der Waals surface area contributed by atoms with Gasteiger partial charge < -0.3 is 9.84 Å². The number of carboxylic acid groups (broad SMARTS) is 1. The molecule has 1 N–H and O–H groups in total. The van der Waals surface area contributed by atoms with Crippen LogP contribution in [0.3, 0.4) is 0 Å². The molecule has 0 aliphatic heterocycles. The van der Waals surface area contributed by atoms with Crippen LogP contribution in [0.5, 0.6) is 5.75 Å². The Hall–Kier alpha value is -1.51. The molecule has 2 rings (SSSR count). The zero-order valence-corrected chi connectivity index (χ0v) is 10.6. The first kappa shape index (κ1) is 12.9. The first-order chi connectivity index (χ1) is 8.74. The number of carboxylic acids is 1. The highest BCUT2D eigenvalue weighted by molar-refractivity contribution is 5.70. The van der Waals surface area contributed by atoms with Crippen molar-refractivity contribution >= 4 is 5.97 Å². The van der Waals surface area contributed by atoms with Crippen LogP contribution in [0, 0.1) is 5.92 Å². The van der Waals surface area contributed by atoms with E-state index >= 15 is 0 Å². The van der Waals surface area contributed by atoms with Crippen molar-refractivity contribution in [1.29, 1.82) is 0 Å². The second-order valence-corrected chi connectivity index (χ2v) is 5.00. The van der Waals surface area contributed by atoms with Crippen molar-refractivity contribution in [2.45, 2.75) is 38.5 Å². The van der Waals surface area contributed by atoms with Crippen molar-refractivity contribution in [3.8, 4) is 5.75 Å². The summed E-state index contributed by atoms with van der Waals surface area (Å²) in [5.41, 5.74) is 0.811. The van der Waals surface area contributed by atoms with Gasteiger partial charge in [-0.2, -0.15) is 0 Å². The zero-order chi connectivity index (χ0) is 12.8. The normalized spacial score (nSPS) is 15.8. The van der Waals surface area contributed by atoms with Crippen molar-refractivity contribution in [2.24, 2.45) is 5.92 Å². The summed E-state index contributed by atoms with van der Waals surface area (Å²) in [5.74, 6) is 0.878. The van der Waals surface area contributed by atoms with E-state index in [1.165, 1.54) is 25.7 Å². The van der Waals surface area contributed by atoms with Gasteiger partial charge in [0.1, 0.15) is 5.75 Å². The molecule has 1 saturated carbocycles. The third-order valence-corrected chi connectivity index (χ3v) is 3.55. The van der Waals surface area contributed by atoms with Gasteiger partial charge in [0.25, 0.3) is 0 Å². The maximum atomic E-state index is 10.5. The molecule has 98 valence electrons. The Kier molecular flexibility index (Phi) is 4.62. The topological polar surface area (TPSA) is 46.5 Å². The van der Waals surface area contributed by atoms with Gasteiger partial charge in [-0.1, -0.05) is 37.8 Å². The molecule has 1 fully saturated rings. The molecule has 0 radical (unpaired) electrons. The summed E-state index contributed by atoms with van der Waals surface area (Å²) in [6.07, 6.45) is 6.64. The third kappa shape index (κ3) is 4.06. The van der Waals surface area contributed by atoms with Gasteiger partial charge in [0.2, 0.25) is 0 Å². The molecule has 0 amide bonds. The minimum atomic E-state index is -0.801. The molecule has 3 nitrogen and oxygen atoms in total. The molecule has 1 aromatic carbocycles. The van der Waals surface area contributed by atoms with Crippen LogP contribution >= 0.6 is 0 Å². The smallest absolute Gasteiger partial charge is 0.307 e. The molecule has 0 unspecified atom stereocenters. The summed E-state index contributed by atoms with van der Waals surface area (Å²) >= 11 is 0. The van der Waals surface area contributed by atoms with Crippen LogP contribution in [-0.2, 0) is 11.2 Å². The molecule has 0 spiro atoms. The molecular formula is C15H20O3. The molecule has 1 aromatic rings. The van der Waals surface area contributed by atoms with E-state index in [0.717, 1.165) is 30.3 Å². The van der Waals surface area contributed by atoms with Gasteiger partial charge in [0.15, 0.2) is 0 Å². The molecule has 3 heteroatoms. The van der Waals surface area contributed by atoms with E-state index in [0.29, 0.717) is 0 Å². The van der Waals surface area contributed by atoms with Crippen molar-refractivity contribution in [1.82, 2.24) is 0 Å². The lowest BCUT2D eigenvalue weighted by Gasteiger charge is -2.10. The van der Waals surface area contributed by atoms with Crippen molar-refractivity contribution in [3.63, 3.8) is 0 Å². The number of carbonyl (C=O) groups is 1. The lowest BCUT2D eigenvalue weighted by molar-refractivity contribution is -0.136. The Morgan fingerprint density at radius 2 is 1.89 bits per heavy atom. The highest BCUT2D eigenvalue weighted by Crippen LogP contribution is 2.27. The SMILES string of the molecule is O=C(O)Cc1ccc(OCCC2CCCC2)cc1.